The number of anilines is 2. The molecule has 7 N–H and O–H groups in total. The summed E-state index contributed by atoms with van der Waals surface area (Å²) in [7, 11) is 3.67. The minimum atomic E-state index is -0.615. The number of carbonyl (C=O) groups is 3. The Morgan fingerprint density at radius 2 is 1.28 bits per heavy atom. The molecule has 2 fully saturated rings. The Labute approximate surface area is 308 Å². The van der Waals surface area contributed by atoms with Crippen LogP contribution in [-0.2, 0) is 31.7 Å². The second-order valence-electron chi connectivity index (χ2n) is 14.5. The molecular weight excluding hydrogens is 680 g/mol. The molecule has 53 heavy (non-hydrogen) atoms. The zero-order chi connectivity index (χ0) is 38.3. The van der Waals surface area contributed by atoms with E-state index in [1.807, 2.05) is 47.3 Å². The van der Waals surface area contributed by atoms with Gasteiger partial charge in [0.1, 0.15) is 28.6 Å². The van der Waals surface area contributed by atoms with Crippen LogP contribution < -0.4 is 32.3 Å². The van der Waals surface area contributed by atoms with Crippen molar-refractivity contribution in [2.24, 2.45) is 31.3 Å². The van der Waals surface area contributed by atoms with Crippen molar-refractivity contribution < 1.29 is 19.1 Å². The first-order chi connectivity index (χ1) is 25.1. The maximum Gasteiger partial charge on any atom is 0.407 e. The second kappa shape index (κ2) is 16.8. The third-order valence-electron chi connectivity index (χ3n) is 8.64. The van der Waals surface area contributed by atoms with Gasteiger partial charge in [0.15, 0.2) is 0 Å². The fraction of sp³-hybridized carbons (Fsp3) is 0.514. The molecule has 6 rings (SSSR count). The summed E-state index contributed by atoms with van der Waals surface area (Å²) in [5.41, 5.74) is 19.7. The van der Waals surface area contributed by atoms with Gasteiger partial charge in [-0.1, -0.05) is 0 Å². The van der Waals surface area contributed by atoms with Gasteiger partial charge in [-0.3, -0.25) is 19.0 Å². The van der Waals surface area contributed by atoms with E-state index in [1.165, 1.54) is 0 Å². The molecule has 0 spiro atoms. The lowest BCUT2D eigenvalue weighted by Gasteiger charge is -2.34. The number of nitrogens with one attached hydrogen (secondary N) is 1. The van der Waals surface area contributed by atoms with Crippen molar-refractivity contribution in [3.8, 4) is 0 Å². The van der Waals surface area contributed by atoms with Crippen LogP contribution in [0.1, 0.15) is 89.9 Å². The topological polar surface area (TPSA) is 244 Å². The van der Waals surface area contributed by atoms with Gasteiger partial charge in [0.05, 0.1) is 36.2 Å². The number of ether oxygens (including phenoxy) is 1. The Bertz CT molecular complexity index is 1900. The lowest BCUT2D eigenvalue weighted by Crippen LogP contribution is -2.49. The van der Waals surface area contributed by atoms with Crippen molar-refractivity contribution in [2.75, 3.05) is 36.0 Å². The van der Waals surface area contributed by atoms with Crippen LogP contribution in [-0.4, -0.2) is 101 Å². The van der Waals surface area contributed by atoms with Gasteiger partial charge >= 0.3 is 6.09 Å². The molecule has 2 saturated heterocycles. The highest BCUT2D eigenvalue weighted by atomic mass is 16.6. The first kappa shape index (κ1) is 38.6. The number of hydrogen-bond donors (Lipinski definition) is 4. The molecule has 18 heteroatoms. The van der Waals surface area contributed by atoms with E-state index >= 15 is 0 Å². The van der Waals surface area contributed by atoms with E-state index in [2.05, 4.69) is 45.2 Å². The van der Waals surface area contributed by atoms with Crippen molar-refractivity contribution in [3.63, 3.8) is 0 Å². The van der Waals surface area contributed by atoms with E-state index in [-0.39, 0.29) is 23.5 Å². The van der Waals surface area contributed by atoms with E-state index in [9.17, 15) is 14.4 Å². The quantitative estimate of drug-likeness (QED) is 0.190. The maximum absolute atomic E-state index is 12.1. The Morgan fingerprint density at radius 3 is 1.72 bits per heavy atom. The number of alkyl carbamates (subject to hydrolysis) is 1. The van der Waals surface area contributed by atoms with Crippen LogP contribution in [0, 0.1) is 0 Å². The van der Waals surface area contributed by atoms with E-state index in [1.54, 1.807) is 34.2 Å². The smallest absolute Gasteiger partial charge is 0.407 e. The number of carbonyl (C=O) groups excluding carboxylic acids is 3. The first-order valence-electron chi connectivity index (χ1n) is 17.6. The molecule has 0 aliphatic carbocycles. The Balaban J connectivity index is 0.000000211. The summed E-state index contributed by atoms with van der Waals surface area (Å²) < 4.78 is 8.75. The summed E-state index contributed by atoms with van der Waals surface area (Å²) in [6.07, 6.45) is 14.6. The third kappa shape index (κ3) is 10.9. The average Bonchev–Trinajstić information content (AvgIpc) is 3.70. The number of aromatic nitrogens is 8. The Hall–Kier alpha value is -5.65. The van der Waals surface area contributed by atoms with Crippen molar-refractivity contribution >= 4 is 29.5 Å². The molecule has 0 bridgehead atoms. The van der Waals surface area contributed by atoms with E-state index in [0.29, 0.717) is 36.6 Å². The molecule has 0 saturated carbocycles. The highest BCUT2D eigenvalue weighted by Gasteiger charge is 2.26. The Kier molecular flexibility index (Phi) is 12.2. The highest BCUT2D eigenvalue weighted by molar-refractivity contribution is 5.92. The molecule has 4 aromatic rings. The number of rotatable bonds is 9. The molecule has 2 unspecified atom stereocenters. The summed E-state index contributed by atoms with van der Waals surface area (Å²) in [6, 6.07) is 0.0798. The number of primary amides is 2. The molecule has 284 valence electrons. The number of amides is 3. The minimum absolute atomic E-state index is 0.0620. The van der Waals surface area contributed by atoms with E-state index in [0.717, 1.165) is 62.3 Å². The normalized spacial score (nSPS) is 17.5. The van der Waals surface area contributed by atoms with Crippen molar-refractivity contribution in [1.82, 2.24) is 44.8 Å². The van der Waals surface area contributed by atoms with Crippen molar-refractivity contribution in [1.29, 1.82) is 0 Å². The summed E-state index contributed by atoms with van der Waals surface area (Å²) in [5.74, 6) is 0.202. The monoisotopic (exact) mass is 730 g/mol. The molecule has 18 nitrogen and oxygen atoms in total. The van der Waals surface area contributed by atoms with Crippen molar-refractivity contribution in [3.05, 3.63) is 71.1 Å². The predicted molar refractivity (Wildman–Crippen MR) is 197 cm³/mol. The second-order valence-corrected chi connectivity index (χ2v) is 14.5. The molecule has 0 aromatic carbocycles. The zero-order valence-corrected chi connectivity index (χ0v) is 31.0. The van der Waals surface area contributed by atoms with Gasteiger partial charge in [0.2, 0.25) is 0 Å². The number of nitrogens with zero attached hydrogens (tertiary/aromatic N) is 10. The average molecular weight is 731 g/mol. The summed E-state index contributed by atoms with van der Waals surface area (Å²) in [6.45, 7) is 8.50. The van der Waals surface area contributed by atoms with Crippen LogP contribution in [0.15, 0.2) is 37.2 Å². The van der Waals surface area contributed by atoms with Crippen LogP contribution in [0.5, 0.6) is 0 Å². The molecule has 6 heterocycles. The van der Waals surface area contributed by atoms with Gasteiger partial charge in [-0.25, -0.2) is 24.7 Å². The predicted octanol–water partition coefficient (Wildman–Crippen LogP) is 1.22. The van der Waals surface area contributed by atoms with E-state index < -0.39 is 23.5 Å². The van der Waals surface area contributed by atoms with E-state index in [4.69, 9.17) is 21.9 Å². The lowest BCUT2D eigenvalue weighted by atomic mass is 10.1. The Morgan fingerprint density at radius 1 is 0.792 bits per heavy atom. The largest absolute Gasteiger partial charge is 0.444 e. The van der Waals surface area contributed by atoms with Gasteiger partial charge in [-0.2, -0.15) is 10.2 Å². The van der Waals surface area contributed by atoms with Crippen LogP contribution >= 0.6 is 0 Å². The minimum Gasteiger partial charge on any atom is -0.444 e. The van der Waals surface area contributed by atoms with Gasteiger partial charge in [0.25, 0.3) is 11.8 Å². The van der Waals surface area contributed by atoms with Crippen LogP contribution in [0.3, 0.4) is 0 Å². The maximum atomic E-state index is 12.1. The SMILES string of the molecule is Cn1cc(Cc2nc(N3CCCC(N)C3)cnc2C(N)=O)cn1.Cn1cc(Cc2nc(N3CCCC(NC(=O)OC(C)(C)C)C3)cnc2C(N)=O)cn1. The van der Waals surface area contributed by atoms with Gasteiger partial charge in [-0.05, 0) is 57.6 Å². The highest BCUT2D eigenvalue weighted by Crippen LogP contribution is 2.22. The summed E-state index contributed by atoms with van der Waals surface area (Å²) >= 11 is 0. The number of piperidine rings is 2. The molecule has 2 aliphatic heterocycles. The van der Waals surface area contributed by atoms with Crippen molar-refractivity contribution in [2.45, 2.75) is 77.0 Å². The van der Waals surface area contributed by atoms with Gasteiger partial charge in [-0.15, -0.1) is 0 Å². The van der Waals surface area contributed by atoms with Crippen LogP contribution in [0.25, 0.3) is 0 Å². The van der Waals surface area contributed by atoms with Gasteiger partial charge < -0.3 is 37.1 Å². The standard InChI is InChI=1S/C20H29N7O3.C15H21N7O/c1-20(2,3)30-19(29)24-14-6-5-7-27(12-14)16-10-22-17(18(21)28)15(25-16)8-13-9-23-26(4)11-13;1-21-8-10(6-19-21)5-12-14(15(17)23)18-7-13(20-12)22-4-2-3-11(16)9-22/h9-11,14H,5-8,12H2,1-4H3,(H2,21,28)(H,24,29);6-8,11H,2-5,9,16H2,1H3,(H2,17,23). The number of hydrogen-bond acceptors (Lipinski definition) is 13. The van der Waals surface area contributed by atoms with Gasteiger partial charge in [0, 0.05) is 77.6 Å². The fourth-order valence-corrected chi connectivity index (χ4v) is 6.31. The summed E-state index contributed by atoms with van der Waals surface area (Å²) in [4.78, 5) is 57.5. The van der Waals surface area contributed by atoms with Crippen LogP contribution in [0.2, 0.25) is 0 Å². The fourth-order valence-electron chi connectivity index (χ4n) is 6.31. The third-order valence-corrected chi connectivity index (χ3v) is 8.64. The molecular formula is C35H50N14O4. The van der Waals surface area contributed by atoms with Crippen LogP contribution in [0.4, 0.5) is 16.4 Å². The lowest BCUT2D eigenvalue weighted by molar-refractivity contribution is 0.0499. The molecule has 3 amide bonds. The number of aryl methyl sites for hydroxylation is 2. The zero-order valence-electron chi connectivity index (χ0n) is 31.0. The molecule has 4 aromatic heterocycles. The molecule has 0 radical (unpaired) electrons. The first-order valence-corrected chi connectivity index (χ1v) is 17.6. The molecule has 2 atom stereocenters. The molecule has 2 aliphatic rings. The number of nitrogens with two attached hydrogens (primary N) is 3. The summed E-state index contributed by atoms with van der Waals surface area (Å²) in [5, 5.41) is 11.2.